The van der Waals surface area contributed by atoms with E-state index in [1.165, 1.54) is 57.8 Å². The molecular weight excluding hydrogens is 723 g/mol. The molecule has 2 aliphatic carbocycles. The third kappa shape index (κ3) is 11.1. The number of phenolic OH excluding ortho intramolecular Hbond substituents is 2. The number of aromatic hydroxyl groups is 2. The molecular formula is C50H60N3O5-. The minimum Gasteiger partial charge on any atom is -0.875 e. The largest absolute Gasteiger partial charge is 0.875 e. The molecule has 58 heavy (non-hydrogen) atoms. The number of carbonyl (C=O) groups excluding carboxylic acids is 1. The first-order valence-electron chi connectivity index (χ1n) is 21.3. The number of ketones is 1. The molecule has 0 radical (unpaired) electrons. The first-order chi connectivity index (χ1) is 28.0. The van der Waals surface area contributed by atoms with Crippen LogP contribution in [-0.2, 0) is 17.6 Å². The van der Waals surface area contributed by atoms with Crippen LogP contribution >= 0.6 is 0 Å². The summed E-state index contributed by atoms with van der Waals surface area (Å²) in [6.07, 6.45) is 21.0. The van der Waals surface area contributed by atoms with Crippen LogP contribution in [0.2, 0.25) is 0 Å². The standard InChI is InChI=1S/C50H61N3O5/c1-3-4-5-9-34(2)20-26-50(24-6-7-25-50)27-21-39(54)16-12-35-14-19-46(56)48(31-35)58-29-23-36-13-18-45(55)43(30-36)42-33-47(57)41-22-28-53-44(41)11-8-10-37-32-38(49(51)52)15-17-40(37)42/h13-15,17-19,21-22,27-28,30-32,34,42,49,55-57H,3-7,9,11-12,16,20,23-26,29,33,51-52H2,1-2H3/p-1/b27-21-,47-41?/t34-,42-/m0/s1. The van der Waals surface area contributed by atoms with Crippen molar-refractivity contribution >= 4 is 11.5 Å². The Hall–Kier alpha value is -5.10. The van der Waals surface area contributed by atoms with Crippen LogP contribution in [0, 0.1) is 23.2 Å². The minimum absolute atomic E-state index is 0.0316. The van der Waals surface area contributed by atoms with E-state index in [-0.39, 0.29) is 41.5 Å². The van der Waals surface area contributed by atoms with E-state index >= 15 is 0 Å². The van der Waals surface area contributed by atoms with E-state index in [9.17, 15) is 20.1 Å². The molecule has 1 heterocycles. The zero-order valence-electron chi connectivity index (χ0n) is 34.3. The maximum Gasteiger partial charge on any atom is 0.161 e. The number of carbonyl (C=O) groups is 1. The summed E-state index contributed by atoms with van der Waals surface area (Å²) >= 11 is 0. The van der Waals surface area contributed by atoms with Gasteiger partial charge in [0.25, 0.3) is 0 Å². The van der Waals surface area contributed by atoms with Crippen molar-refractivity contribution in [1.29, 1.82) is 0 Å². The van der Waals surface area contributed by atoms with Crippen molar-refractivity contribution in [3.63, 3.8) is 0 Å². The van der Waals surface area contributed by atoms with Gasteiger partial charge < -0.3 is 31.5 Å². The predicted molar refractivity (Wildman–Crippen MR) is 230 cm³/mol. The molecule has 0 spiro atoms. The van der Waals surface area contributed by atoms with Crippen LogP contribution in [0.25, 0.3) is 0 Å². The second-order valence-electron chi connectivity index (χ2n) is 16.6. The number of unbranched alkanes of at least 4 members (excludes halogenated alkanes) is 2. The van der Waals surface area contributed by atoms with Gasteiger partial charge in [0.1, 0.15) is 5.75 Å². The van der Waals surface area contributed by atoms with Crippen molar-refractivity contribution < 1.29 is 24.9 Å². The van der Waals surface area contributed by atoms with Gasteiger partial charge in [-0.1, -0.05) is 101 Å². The van der Waals surface area contributed by atoms with Crippen molar-refractivity contribution in [3.8, 4) is 29.1 Å². The van der Waals surface area contributed by atoms with Gasteiger partial charge in [0.05, 0.1) is 24.9 Å². The number of phenols is 2. The normalized spacial score (nSPS) is 17.8. The number of fused-ring (bicyclic) bond motifs is 2. The molecule has 1 fully saturated rings. The Bertz CT molecular complexity index is 2110. The average Bonchev–Trinajstić information content (AvgIpc) is 3.90. The first kappa shape index (κ1) is 42.5. The molecule has 6 rings (SSSR count). The Morgan fingerprint density at radius 1 is 1.00 bits per heavy atom. The number of aryl methyl sites for hydroxylation is 1. The van der Waals surface area contributed by atoms with Gasteiger partial charge >= 0.3 is 0 Å². The highest BCUT2D eigenvalue weighted by atomic mass is 16.5. The highest BCUT2D eigenvalue weighted by Gasteiger charge is 2.31. The van der Waals surface area contributed by atoms with E-state index < -0.39 is 12.1 Å². The van der Waals surface area contributed by atoms with Gasteiger partial charge in [-0.25, -0.2) is 0 Å². The van der Waals surface area contributed by atoms with E-state index in [0.717, 1.165) is 29.0 Å². The molecule has 3 aliphatic rings. The number of hydrogen-bond donors (Lipinski definition) is 4. The van der Waals surface area contributed by atoms with Crippen molar-refractivity contribution in [1.82, 2.24) is 0 Å². The van der Waals surface area contributed by atoms with Gasteiger partial charge in [0.2, 0.25) is 0 Å². The lowest BCUT2D eigenvalue weighted by atomic mass is 9.78. The minimum atomic E-state index is -0.690. The van der Waals surface area contributed by atoms with Gasteiger partial charge in [-0.2, -0.15) is 0 Å². The smallest absolute Gasteiger partial charge is 0.161 e. The number of allylic oxidation sites excluding steroid dienone is 5. The number of ether oxygens (including phenoxy) is 1. The molecule has 3 aromatic carbocycles. The van der Waals surface area contributed by atoms with Gasteiger partial charge in [-0.05, 0) is 114 Å². The first-order valence-corrected chi connectivity index (χ1v) is 21.3. The zero-order valence-corrected chi connectivity index (χ0v) is 34.3. The molecule has 2 atom stereocenters. The maximum absolute atomic E-state index is 13.7. The van der Waals surface area contributed by atoms with Crippen LogP contribution in [-0.4, -0.2) is 28.3 Å². The second-order valence-corrected chi connectivity index (χ2v) is 16.6. The number of rotatable bonds is 18. The predicted octanol–water partition coefficient (Wildman–Crippen LogP) is 9.11. The molecule has 0 saturated heterocycles. The van der Waals surface area contributed by atoms with Gasteiger partial charge in [-0.15, -0.1) is 5.76 Å². The summed E-state index contributed by atoms with van der Waals surface area (Å²) in [7, 11) is 0. The van der Waals surface area contributed by atoms with E-state index in [1.807, 2.05) is 48.5 Å². The van der Waals surface area contributed by atoms with E-state index in [1.54, 1.807) is 24.4 Å². The fraction of sp³-hybridized carbons (Fsp3) is 0.440. The summed E-state index contributed by atoms with van der Waals surface area (Å²) in [4.78, 5) is 17.5. The summed E-state index contributed by atoms with van der Waals surface area (Å²) < 4.78 is 6.10. The Morgan fingerprint density at radius 2 is 1.78 bits per heavy atom. The summed E-state index contributed by atoms with van der Waals surface area (Å²) in [6.45, 7) is 4.89. The van der Waals surface area contributed by atoms with Crippen LogP contribution in [0.3, 0.4) is 0 Å². The lowest BCUT2D eigenvalue weighted by molar-refractivity contribution is -0.307. The van der Waals surface area contributed by atoms with Crippen LogP contribution in [0.5, 0.6) is 17.2 Å². The highest BCUT2D eigenvalue weighted by molar-refractivity contribution is 6.06. The van der Waals surface area contributed by atoms with Gasteiger partial charge in [0, 0.05) is 36.1 Å². The highest BCUT2D eigenvalue weighted by Crippen LogP contribution is 2.44. The molecule has 0 unspecified atom stereocenters. The summed E-state index contributed by atoms with van der Waals surface area (Å²) in [5.41, 5.74) is 18.0. The monoisotopic (exact) mass is 782 g/mol. The lowest BCUT2D eigenvalue weighted by Crippen LogP contribution is -2.21. The molecule has 306 valence electrons. The number of nitrogens with zero attached hydrogens (tertiary/aromatic N) is 1. The molecule has 0 bridgehead atoms. The summed E-state index contributed by atoms with van der Waals surface area (Å²) in [6, 6.07) is 16.3. The topological polar surface area (TPSA) is 154 Å². The third-order valence-corrected chi connectivity index (χ3v) is 12.2. The number of nitrogens with two attached hydrogens (primary N) is 2. The molecule has 8 nitrogen and oxygen atoms in total. The molecule has 8 heteroatoms. The average molecular weight is 783 g/mol. The SMILES string of the molecule is CCCCC[C@H](C)CCC1(/C=C\C(=O)CCc2ccc(O)c(OCCc3ccc(O)c([C@H]4CC([O-])=C5C=CN=C5CC#Cc5cc(C(N)N)ccc54)c3)c2)CCCC1. The molecule has 1 aliphatic heterocycles. The second kappa shape index (κ2) is 20.0. The van der Waals surface area contributed by atoms with Crippen molar-refractivity contribution in [3.05, 3.63) is 124 Å². The molecule has 0 amide bonds. The lowest BCUT2D eigenvalue weighted by Gasteiger charge is -2.27. The van der Waals surface area contributed by atoms with Crippen molar-refractivity contribution in [2.75, 3.05) is 6.61 Å². The van der Waals surface area contributed by atoms with Gasteiger partial charge in [-0.3, -0.25) is 9.79 Å². The zero-order chi connectivity index (χ0) is 41.1. The summed E-state index contributed by atoms with van der Waals surface area (Å²) in [5.74, 6) is 7.15. The van der Waals surface area contributed by atoms with Crippen LogP contribution < -0.4 is 21.3 Å². The fourth-order valence-electron chi connectivity index (χ4n) is 8.63. The molecule has 6 N–H and O–H groups in total. The van der Waals surface area contributed by atoms with E-state index in [4.69, 9.17) is 16.2 Å². The number of benzene rings is 3. The van der Waals surface area contributed by atoms with Gasteiger partial charge in [0.15, 0.2) is 17.3 Å². The van der Waals surface area contributed by atoms with Crippen molar-refractivity contribution in [2.45, 2.75) is 122 Å². The quantitative estimate of drug-likeness (QED) is 0.0434. The Labute approximate surface area is 344 Å². The van der Waals surface area contributed by atoms with Crippen molar-refractivity contribution in [2.24, 2.45) is 27.8 Å². The third-order valence-electron chi connectivity index (χ3n) is 12.2. The van der Waals surface area contributed by atoms with Crippen LogP contribution in [0.4, 0.5) is 0 Å². The Balaban J connectivity index is 1.10. The molecule has 3 aromatic rings. The molecule has 1 saturated carbocycles. The number of hydrogen-bond acceptors (Lipinski definition) is 8. The van der Waals surface area contributed by atoms with Crippen LogP contribution in [0.1, 0.15) is 143 Å². The van der Waals surface area contributed by atoms with E-state index in [2.05, 4.69) is 36.8 Å². The van der Waals surface area contributed by atoms with Crippen LogP contribution in [0.15, 0.2) is 95.3 Å². The number of aliphatic imine (C=N–C) groups is 1. The maximum atomic E-state index is 13.7. The van der Waals surface area contributed by atoms with E-state index in [0.29, 0.717) is 59.4 Å². The Kier molecular flexibility index (Phi) is 14.7. The molecule has 0 aromatic heterocycles. The summed E-state index contributed by atoms with van der Waals surface area (Å²) in [5, 5.41) is 35.6. The Morgan fingerprint density at radius 3 is 2.55 bits per heavy atom. The fourth-order valence-corrected chi connectivity index (χ4v) is 8.63.